The topological polar surface area (TPSA) is 70.9 Å². The zero-order valence-corrected chi connectivity index (χ0v) is 10.6. The Hall–Kier alpha value is -2.04. The lowest BCUT2D eigenvalue weighted by Gasteiger charge is -2.12. The minimum atomic E-state index is -0.168. The first-order valence-electron chi connectivity index (χ1n) is 6.05. The van der Waals surface area contributed by atoms with Crippen LogP contribution in [-0.2, 0) is 6.42 Å². The minimum Gasteiger partial charge on any atom is -0.508 e. The Bertz CT molecular complexity index is 569. The van der Waals surface area contributed by atoms with Crippen LogP contribution >= 0.6 is 0 Å². The van der Waals surface area contributed by atoms with Gasteiger partial charge in [0.2, 0.25) is 0 Å². The number of nitrogens with zero attached hydrogens (tertiary/aromatic N) is 2. The molecule has 0 saturated carbocycles. The van der Waals surface area contributed by atoms with Crippen LogP contribution in [0.3, 0.4) is 0 Å². The molecule has 0 aliphatic rings. The molecule has 0 unspecified atom stereocenters. The number of rotatable bonds is 4. The second kappa shape index (κ2) is 5.08. The predicted octanol–water partition coefficient (Wildman–Crippen LogP) is 1.84. The highest BCUT2D eigenvalue weighted by atomic mass is 16.3. The second-order valence-corrected chi connectivity index (χ2v) is 4.42. The van der Waals surface area contributed by atoms with Gasteiger partial charge < -0.3 is 5.11 Å². The monoisotopic (exact) mass is 247 g/mol. The Balaban J connectivity index is 2.29. The van der Waals surface area contributed by atoms with Crippen LogP contribution in [0, 0.1) is 0 Å². The van der Waals surface area contributed by atoms with Crippen molar-refractivity contribution < 1.29 is 5.11 Å². The summed E-state index contributed by atoms with van der Waals surface area (Å²) in [4.78, 5) is 11.7. The molecule has 2 aromatic rings. The Morgan fingerprint density at radius 3 is 2.67 bits per heavy atom. The summed E-state index contributed by atoms with van der Waals surface area (Å²) < 4.78 is 1.69. The number of aromatic nitrogens is 3. The van der Waals surface area contributed by atoms with Crippen LogP contribution < -0.4 is 5.69 Å². The summed E-state index contributed by atoms with van der Waals surface area (Å²) >= 11 is 0. The Labute approximate surface area is 105 Å². The van der Waals surface area contributed by atoms with Gasteiger partial charge in [-0.3, -0.25) is 4.57 Å². The summed E-state index contributed by atoms with van der Waals surface area (Å²) in [7, 11) is 0. The number of H-pyrrole nitrogens is 1. The molecule has 0 spiro atoms. The predicted molar refractivity (Wildman–Crippen MR) is 68.8 cm³/mol. The van der Waals surface area contributed by atoms with E-state index in [1.165, 1.54) is 0 Å². The zero-order chi connectivity index (χ0) is 13.1. The number of hydrogen-bond donors (Lipinski definition) is 2. The van der Waals surface area contributed by atoms with Crippen LogP contribution in [0.5, 0.6) is 5.75 Å². The van der Waals surface area contributed by atoms with Gasteiger partial charge in [0.1, 0.15) is 11.6 Å². The van der Waals surface area contributed by atoms with Crippen molar-refractivity contribution in [2.24, 2.45) is 0 Å². The summed E-state index contributed by atoms with van der Waals surface area (Å²) in [5.74, 6) is 0.958. The molecule has 0 amide bonds. The smallest absolute Gasteiger partial charge is 0.343 e. The van der Waals surface area contributed by atoms with E-state index in [0.717, 1.165) is 17.8 Å². The number of aromatic hydroxyl groups is 1. The third kappa shape index (κ3) is 2.45. The molecule has 0 aliphatic carbocycles. The van der Waals surface area contributed by atoms with E-state index in [0.29, 0.717) is 6.42 Å². The van der Waals surface area contributed by atoms with Crippen molar-refractivity contribution >= 4 is 0 Å². The number of benzene rings is 1. The molecular formula is C13H17N3O2. The van der Waals surface area contributed by atoms with Gasteiger partial charge in [-0.2, -0.15) is 5.10 Å². The Kier molecular flexibility index (Phi) is 3.50. The standard InChI is InChI=1S/C13H17N3O2/c1-3-9(2)16-12(14-15-13(16)18)8-10-4-6-11(17)7-5-10/h4-7,9,17H,3,8H2,1-2H3,(H,15,18)/t9-/m0/s1. The zero-order valence-electron chi connectivity index (χ0n) is 10.6. The third-order valence-corrected chi connectivity index (χ3v) is 3.11. The van der Waals surface area contributed by atoms with E-state index < -0.39 is 0 Å². The molecule has 1 aromatic carbocycles. The van der Waals surface area contributed by atoms with Gasteiger partial charge in [0.15, 0.2) is 0 Å². The highest BCUT2D eigenvalue weighted by Crippen LogP contribution is 2.15. The highest BCUT2D eigenvalue weighted by molar-refractivity contribution is 5.27. The molecule has 96 valence electrons. The van der Waals surface area contributed by atoms with E-state index in [2.05, 4.69) is 10.2 Å². The van der Waals surface area contributed by atoms with Crippen molar-refractivity contribution in [1.29, 1.82) is 0 Å². The first kappa shape index (κ1) is 12.4. The molecule has 2 rings (SSSR count). The minimum absolute atomic E-state index is 0.128. The SMILES string of the molecule is CC[C@H](C)n1c(Cc2ccc(O)cc2)n[nH]c1=O. The summed E-state index contributed by atoms with van der Waals surface area (Å²) in [5, 5.41) is 15.8. The van der Waals surface area contributed by atoms with Crippen molar-refractivity contribution in [3.63, 3.8) is 0 Å². The van der Waals surface area contributed by atoms with Crippen molar-refractivity contribution in [3.05, 3.63) is 46.1 Å². The van der Waals surface area contributed by atoms with E-state index >= 15 is 0 Å². The molecule has 0 aliphatic heterocycles. The molecular weight excluding hydrogens is 230 g/mol. The summed E-state index contributed by atoms with van der Waals surface area (Å²) in [6, 6.07) is 7.05. The number of phenols is 1. The fourth-order valence-electron chi connectivity index (χ4n) is 1.90. The average molecular weight is 247 g/mol. The van der Waals surface area contributed by atoms with Gasteiger partial charge in [0.05, 0.1) is 0 Å². The van der Waals surface area contributed by atoms with Gasteiger partial charge in [0, 0.05) is 12.5 Å². The van der Waals surface area contributed by atoms with Gasteiger partial charge in [-0.1, -0.05) is 19.1 Å². The first-order chi connectivity index (χ1) is 8.61. The summed E-state index contributed by atoms with van der Waals surface area (Å²) in [5.41, 5.74) is 0.842. The summed E-state index contributed by atoms with van der Waals surface area (Å²) in [6.45, 7) is 4.03. The van der Waals surface area contributed by atoms with Gasteiger partial charge in [-0.05, 0) is 31.0 Å². The molecule has 1 aromatic heterocycles. The lowest BCUT2D eigenvalue weighted by Crippen LogP contribution is -2.22. The second-order valence-electron chi connectivity index (χ2n) is 4.42. The molecule has 1 heterocycles. The molecule has 0 bridgehead atoms. The van der Waals surface area contributed by atoms with E-state index in [-0.39, 0.29) is 17.5 Å². The maximum absolute atomic E-state index is 11.7. The van der Waals surface area contributed by atoms with E-state index in [9.17, 15) is 9.90 Å². The Morgan fingerprint density at radius 2 is 2.06 bits per heavy atom. The molecule has 0 fully saturated rings. The van der Waals surface area contributed by atoms with E-state index in [1.807, 2.05) is 26.0 Å². The molecule has 5 heteroatoms. The summed E-state index contributed by atoms with van der Waals surface area (Å²) in [6.07, 6.45) is 1.45. The largest absolute Gasteiger partial charge is 0.508 e. The number of phenolic OH excluding ortho intramolecular Hbond substituents is 1. The lowest BCUT2D eigenvalue weighted by molar-refractivity contribution is 0.475. The van der Waals surface area contributed by atoms with Crippen molar-refractivity contribution in [2.45, 2.75) is 32.7 Å². The van der Waals surface area contributed by atoms with Gasteiger partial charge in [0.25, 0.3) is 0 Å². The molecule has 1 atom stereocenters. The third-order valence-electron chi connectivity index (χ3n) is 3.11. The number of hydrogen-bond acceptors (Lipinski definition) is 3. The lowest BCUT2D eigenvalue weighted by atomic mass is 10.1. The van der Waals surface area contributed by atoms with Gasteiger partial charge in [-0.25, -0.2) is 9.89 Å². The van der Waals surface area contributed by atoms with Crippen molar-refractivity contribution in [3.8, 4) is 5.75 Å². The molecule has 0 saturated heterocycles. The number of nitrogens with one attached hydrogen (secondary N) is 1. The maximum Gasteiger partial charge on any atom is 0.343 e. The van der Waals surface area contributed by atoms with Gasteiger partial charge >= 0.3 is 5.69 Å². The Morgan fingerprint density at radius 1 is 1.39 bits per heavy atom. The normalized spacial score (nSPS) is 12.6. The quantitative estimate of drug-likeness (QED) is 0.866. The van der Waals surface area contributed by atoms with Gasteiger partial charge in [-0.15, -0.1) is 0 Å². The molecule has 2 N–H and O–H groups in total. The van der Waals surface area contributed by atoms with Crippen LogP contribution in [0.1, 0.15) is 37.7 Å². The highest BCUT2D eigenvalue weighted by Gasteiger charge is 2.13. The fraction of sp³-hybridized carbons (Fsp3) is 0.385. The van der Waals surface area contributed by atoms with Crippen LogP contribution in [0.15, 0.2) is 29.1 Å². The van der Waals surface area contributed by atoms with E-state index in [1.54, 1.807) is 16.7 Å². The maximum atomic E-state index is 11.7. The first-order valence-corrected chi connectivity index (χ1v) is 6.05. The van der Waals surface area contributed by atoms with E-state index in [4.69, 9.17) is 0 Å². The van der Waals surface area contributed by atoms with Crippen LogP contribution in [0.2, 0.25) is 0 Å². The number of aromatic amines is 1. The van der Waals surface area contributed by atoms with Crippen LogP contribution in [0.25, 0.3) is 0 Å². The van der Waals surface area contributed by atoms with Crippen molar-refractivity contribution in [2.75, 3.05) is 0 Å². The molecule has 0 radical (unpaired) electrons. The fourth-order valence-corrected chi connectivity index (χ4v) is 1.90. The molecule has 18 heavy (non-hydrogen) atoms. The average Bonchev–Trinajstić information content (AvgIpc) is 2.72. The molecule has 5 nitrogen and oxygen atoms in total. The van der Waals surface area contributed by atoms with Crippen LogP contribution in [0.4, 0.5) is 0 Å². The van der Waals surface area contributed by atoms with Crippen molar-refractivity contribution in [1.82, 2.24) is 14.8 Å². The van der Waals surface area contributed by atoms with Crippen LogP contribution in [-0.4, -0.2) is 19.9 Å².